The largest absolute Gasteiger partial charge is 0.472 e. The summed E-state index contributed by atoms with van der Waals surface area (Å²) in [5, 5.41) is 24.0. The molecule has 0 saturated heterocycles. The fraction of sp³-hybridized carbons (Fsp3) is 0.786. The van der Waals surface area contributed by atoms with Gasteiger partial charge in [0.2, 0.25) is 5.91 Å². The number of rotatable bonds is 36. The van der Waals surface area contributed by atoms with E-state index in [0.717, 1.165) is 32.1 Å². The van der Waals surface area contributed by atoms with E-state index in [2.05, 4.69) is 31.3 Å². The highest BCUT2D eigenvalue weighted by atomic mass is 31.2. The minimum absolute atomic E-state index is 0.0263. The van der Waals surface area contributed by atoms with Gasteiger partial charge in [-0.1, -0.05) is 152 Å². The van der Waals surface area contributed by atoms with Gasteiger partial charge < -0.3 is 24.9 Å². The number of nitrogens with one attached hydrogen (secondary N) is 1. The van der Waals surface area contributed by atoms with E-state index in [0.29, 0.717) is 23.9 Å². The third-order valence-electron chi connectivity index (χ3n) is 8.90. The van der Waals surface area contributed by atoms with Crippen LogP contribution in [0.4, 0.5) is 0 Å². The molecule has 52 heavy (non-hydrogen) atoms. The number of carbonyl (C=O) groups excluding carboxylic acids is 1. The molecule has 0 heterocycles. The Bertz CT molecular complexity index is 1010. The van der Waals surface area contributed by atoms with Gasteiger partial charge in [-0.2, -0.15) is 0 Å². The van der Waals surface area contributed by atoms with Crippen LogP contribution in [0.3, 0.4) is 0 Å². The van der Waals surface area contributed by atoms with Crippen molar-refractivity contribution < 1.29 is 38.0 Å². The number of hydrogen-bond donors (Lipinski definition) is 4. The van der Waals surface area contributed by atoms with Crippen molar-refractivity contribution >= 4 is 13.7 Å². The minimum Gasteiger partial charge on any atom is -0.389 e. The number of aliphatic hydroxyl groups is 2. The maximum absolute atomic E-state index is 12.8. The van der Waals surface area contributed by atoms with Gasteiger partial charge in [0.1, 0.15) is 13.2 Å². The van der Waals surface area contributed by atoms with Gasteiger partial charge in [0.05, 0.1) is 46.0 Å². The molecule has 0 aliphatic carbocycles. The molecule has 0 saturated carbocycles. The van der Waals surface area contributed by atoms with E-state index in [1.54, 1.807) is 12.2 Å². The van der Waals surface area contributed by atoms with Gasteiger partial charge in [0.15, 0.2) is 0 Å². The molecule has 1 amide bonds. The summed E-state index contributed by atoms with van der Waals surface area (Å²) in [7, 11) is 1.45. The fourth-order valence-electron chi connectivity index (χ4n) is 5.52. The second-order valence-corrected chi connectivity index (χ2v) is 16.7. The fourth-order valence-corrected chi connectivity index (χ4v) is 6.25. The maximum atomic E-state index is 12.8. The first-order valence-corrected chi connectivity index (χ1v) is 22.1. The number of unbranched alkanes of at least 4 members (excludes halogenated alkanes) is 16. The summed E-state index contributed by atoms with van der Waals surface area (Å²) in [5.41, 5.74) is 0. The average molecular weight is 756 g/mol. The van der Waals surface area contributed by atoms with Crippen molar-refractivity contribution in [3.05, 3.63) is 48.6 Å². The molecule has 0 spiro atoms. The Morgan fingerprint density at radius 2 is 1.27 bits per heavy atom. The minimum atomic E-state index is -4.38. The molecular weight excluding hydrogens is 675 g/mol. The molecule has 0 radical (unpaired) electrons. The molecule has 304 valence electrons. The van der Waals surface area contributed by atoms with Crippen molar-refractivity contribution in [2.75, 3.05) is 40.9 Å². The number of allylic oxidation sites excluding steroid dienone is 6. The van der Waals surface area contributed by atoms with Crippen LogP contribution in [0, 0.1) is 0 Å². The van der Waals surface area contributed by atoms with Crippen LogP contribution in [0.25, 0.3) is 0 Å². The van der Waals surface area contributed by atoms with Crippen molar-refractivity contribution in [1.82, 2.24) is 5.32 Å². The van der Waals surface area contributed by atoms with Crippen LogP contribution in [-0.2, 0) is 18.4 Å². The molecule has 0 aliphatic heterocycles. The third-order valence-corrected chi connectivity index (χ3v) is 9.88. The maximum Gasteiger partial charge on any atom is 0.472 e. The van der Waals surface area contributed by atoms with Gasteiger partial charge in [-0.3, -0.25) is 13.8 Å². The van der Waals surface area contributed by atoms with Crippen LogP contribution in [0.5, 0.6) is 0 Å². The average Bonchev–Trinajstić information content (AvgIpc) is 3.08. The highest BCUT2D eigenvalue weighted by Gasteiger charge is 2.27. The van der Waals surface area contributed by atoms with E-state index < -0.39 is 26.1 Å². The molecule has 0 bridgehead atoms. The van der Waals surface area contributed by atoms with Gasteiger partial charge >= 0.3 is 7.82 Å². The van der Waals surface area contributed by atoms with Crippen LogP contribution in [-0.4, -0.2) is 84.6 Å². The van der Waals surface area contributed by atoms with Crippen LogP contribution in [0.1, 0.15) is 155 Å². The Morgan fingerprint density at radius 3 is 1.85 bits per heavy atom. The predicted octanol–water partition coefficient (Wildman–Crippen LogP) is 9.88. The van der Waals surface area contributed by atoms with Gasteiger partial charge in [-0.25, -0.2) is 4.57 Å². The molecular formula is C42H80N2O7P+. The second kappa shape index (κ2) is 33.9. The first-order chi connectivity index (χ1) is 24.9. The molecule has 0 aromatic rings. The van der Waals surface area contributed by atoms with Gasteiger partial charge in [0.25, 0.3) is 0 Å². The summed E-state index contributed by atoms with van der Waals surface area (Å²) < 4.78 is 23.4. The molecule has 9 nitrogen and oxygen atoms in total. The van der Waals surface area contributed by atoms with Crippen molar-refractivity contribution in [2.45, 2.75) is 173 Å². The summed E-state index contributed by atoms with van der Waals surface area (Å²) in [4.78, 5) is 23.0. The molecule has 0 aromatic heterocycles. The van der Waals surface area contributed by atoms with E-state index in [4.69, 9.17) is 9.05 Å². The zero-order valence-electron chi connectivity index (χ0n) is 33.9. The number of quaternary nitrogens is 1. The zero-order chi connectivity index (χ0) is 38.8. The Kier molecular flexibility index (Phi) is 32.9. The number of hydrogen-bond acceptors (Lipinski definition) is 6. The van der Waals surface area contributed by atoms with E-state index >= 15 is 0 Å². The quantitative estimate of drug-likeness (QED) is 0.0165. The number of aliphatic hydroxyl groups excluding tert-OH is 2. The number of nitrogens with zero attached hydrogens (tertiary/aromatic N) is 1. The van der Waals surface area contributed by atoms with Crippen molar-refractivity contribution in [3.63, 3.8) is 0 Å². The number of amides is 1. The summed E-state index contributed by atoms with van der Waals surface area (Å²) in [5.74, 6) is -0.335. The van der Waals surface area contributed by atoms with Crippen LogP contribution in [0.15, 0.2) is 48.6 Å². The van der Waals surface area contributed by atoms with Gasteiger partial charge in [-0.15, -0.1) is 0 Å². The number of carbonyl (C=O) groups is 1. The smallest absolute Gasteiger partial charge is 0.389 e. The summed E-state index contributed by atoms with van der Waals surface area (Å²) >= 11 is 0. The topological polar surface area (TPSA) is 125 Å². The van der Waals surface area contributed by atoms with Gasteiger partial charge in [0, 0.05) is 6.42 Å². The zero-order valence-corrected chi connectivity index (χ0v) is 34.8. The predicted molar refractivity (Wildman–Crippen MR) is 218 cm³/mol. The number of phosphoric ester groups is 1. The Hall–Kier alpha value is -1.58. The van der Waals surface area contributed by atoms with Crippen molar-refractivity contribution in [2.24, 2.45) is 0 Å². The monoisotopic (exact) mass is 756 g/mol. The lowest BCUT2D eigenvalue weighted by Gasteiger charge is -2.25. The number of likely N-dealkylation sites (N-methyl/N-ethyl adjacent to an activating group) is 1. The summed E-state index contributed by atoms with van der Waals surface area (Å²) in [6, 6.07) is -0.936. The number of phosphoric acid groups is 1. The summed E-state index contributed by atoms with van der Waals surface area (Å²) in [6.07, 6.45) is 37.7. The first kappa shape index (κ1) is 50.4. The van der Waals surface area contributed by atoms with Gasteiger partial charge in [-0.05, 0) is 44.9 Å². The van der Waals surface area contributed by atoms with E-state index in [9.17, 15) is 24.5 Å². The molecule has 4 N–H and O–H groups in total. The van der Waals surface area contributed by atoms with Crippen LogP contribution < -0.4 is 5.32 Å². The van der Waals surface area contributed by atoms with E-state index in [1.807, 2.05) is 45.4 Å². The molecule has 0 aromatic carbocycles. The van der Waals surface area contributed by atoms with Crippen LogP contribution in [0.2, 0.25) is 0 Å². The summed E-state index contributed by atoms with van der Waals surface area (Å²) in [6.45, 7) is 4.62. The van der Waals surface area contributed by atoms with Crippen molar-refractivity contribution in [3.8, 4) is 0 Å². The highest BCUT2D eigenvalue weighted by molar-refractivity contribution is 7.47. The van der Waals surface area contributed by atoms with Crippen LogP contribution >= 0.6 is 7.82 Å². The lowest BCUT2D eigenvalue weighted by molar-refractivity contribution is -0.870. The molecule has 0 aliphatic rings. The molecule has 0 rings (SSSR count). The Labute approximate surface area is 319 Å². The molecule has 0 fully saturated rings. The first-order valence-electron chi connectivity index (χ1n) is 20.6. The Balaban J connectivity index is 4.70. The lowest BCUT2D eigenvalue weighted by atomic mass is 10.1. The Morgan fingerprint density at radius 1 is 0.712 bits per heavy atom. The second-order valence-electron chi connectivity index (χ2n) is 15.2. The molecule has 10 heteroatoms. The standard InChI is InChI=1S/C42H79N2O7P/c1-6-8-10-12-14-16-18-20-21-23-25-27-29-32-39(45)33-31-35-42(47)43-40(38-51-52(48,49)50-37-36-44(3,4)5)41(46)34-30-28-26-24-22-19-17-15-13-11-9-7-2/h20-21,25,27,29-30,32,34,39-41,45-46H,6-19,22-24,26,28,31,33,35-38H2,1-5H3,(H-,43,47,48,49)/p+1/b21-20+,27-25+,32-29+,34-30+/t39?,40-,41+/m0/s1. The van der Waals surface area contributed by atoms with E-state index in [1.165, 1.54) is 89.9 Å². The SMILES string of the molecule is CCCCCCCC/C=C/C/C=C/C=C/C(O)CCCC(=O)N[C@@H](COP(=O)(O)OCC[N+](C)(C)C)[C@H](O)/C=C/CCCCCCCCCCCC. The van der Waals surface area contributed by atoms with Crippen molar-refractivity contribution in [1.29, 1.82) is 0 Å². The highest BCUT2D eigenvalue weighted by Crippen LogP contribution is 2.43. The normalized spacial score (nSPS) is 15.6. The molecule has 4 atom stereocenters. The van der Waals surface area contributed by atoms with E-state index in [-0.39, 0.29) is 25.5 Å². The lowest BCUT2D eigenvalue weighted by Crippen LogP contribution is -2.45. The third kappa shape index (κ3) is 35.4. The molecule has 2 unspecified atom stereocenters.